The summed E-state index contributed by atoms with van der Waals surface area (Å²) >= 11 is 0. The molecule has 5 heteroatoms. The predicted octanol–water partition coefficient (Wildman–Crippen LogP) is 4.08. The maximum absolute atomic E-state index is 12.4. The van der Waals surface area contributed by atoms with E-state index >= 15 is 0 Å². The highest BCUT2D eigenvalue weighted by Crippen LogP contribution is 2.20. The molecule has 0 saturated carbocycles. The Balaban J connectivity index is 2.07. The summed E-state index contributed by atoms with van der Waals surface area (Å²) in [7, 11) is 0. The number of benzene rings is 2. The monoisotopic (exact) mass is 354 g/mol. The Bertz CT molecular complexity index is 762. The molecule has 2 rings (SSSR count). The molecule has 2 amide bonds. The highest BCUT2D eigenvalue weighted by Gasteiger charge is 2.16. The molecular weight excluding hydrogens is 328 g/mol. The second-order valence-corrected chi connectivity index (χ2v) is 6.69. The number of carbonyl (C=O) groups excluding carboxylic acids is 2. The molecule has 2 aromatic carbocycles. The fourth-order valence-electron chi connectivity index (χ4n) is 2.72. The van der Waals surface area contributed by atoms with Crippen molar-refractivity contribution in [3.63, 3.8) is 0 Å². The Morgan fingerprint density at radius 2 is 1.62 bits per heavy atom. The van der Waals surface area contributed by atoms with Gasteiger partial charge in [-0.3, -0.25) is 9.59 Å². The van der Waals surface area contributed by atoms with Gasteiger partial charge in [-0.25, -0.2) is 0 Å². The highest BCUT2D eigenvalue weighted by atomic mass is 16.5. The molecule has 0 radical (unpaired) electrons. The zero-order valence-corrected chi connectivity index (χ0v) is 16.0. The molecule has 0 aliphatic rings. The van der Waals surface area contributed by atoms with Gasteiger partial charge in [-0.2, -0.15) is 0 Å². The number of carbonyl (C=O) groups is 2. The van der Waals surface area contributed by atoms with Crippen molar-refractivity contribution in [1.82, 2.24) is 0 Å². The lowest BCUT2D eigenvalue weighted by Crippen LogP contribution is -2.36. The van der Waals surface area contributed by atoms with Crippen LogP contribution in [-0.4, -0.2) is 24.5 Å². The van der Waals surface area contributed by atoms with E-state index in [1.54, 1.807) is 12.1 Å². The lowest BCUT2D eigenvalue weighted by Gasteiger charge is -2.22. The van der Waals surface area contributed by atoms with Gasteiger partial charge >= 0.3 is 0 Å². The number of aryl methyl sites for hydroxylation is 2. The molecule has 0 spiro atoms. The van der Waals surface area contributed by atoms with Gasteiger partial charge in [0.15, 0.2) is 0 Å². The lowest BCUT2D eigenvalue weighted by molar-refractivity contribution is -0.120. The molecule has 2 aromatic rings. The molecule has 0 aliphatic heterocycles. The summed E-state index contributed by atoms with van der Waals surface area (Å²) in [5.41, 5.74) is 3.49. The summed E-state index contributed by atoms with van der Waals surface area (Å²) in [6.45, 7) is 9.27. The van der Waals surface area contributed by atoms with E-state index < -0.39 is 0 Å². The van der Waals surface area contributed by atoms with Crippen LogP contribution in [0.1, 0.15) is 31.9 Å². The minimum absolute atomic E-state index is 0.0392. The average molecular weight is 354 g/mol. The first-order valence-electron chi connectivity index (χ1n) is 8.67. The minimum atomic E-state index is -0.253. The predicted molar refractivity (Wildman–Crippen MR) is 105 cm³/mol. The first-order chi connectivity index (χ1) is 12.2. The van der Waals surface area contributed by atoms with Crippen LogP contribution in [0.3, 0.4) is 0 Å². The summed E-state index contributed by atoms with van der Waals surface area (Å²) in [6, 6.07) is 13.0. The van der Waals surface area contributed by atoms with Gasteiger partial charge < -0.3 is 15.0 Å². The van der Waals surface area contributed by atoms with Crippen molar-refractivity contribution >= 4 is 23.2 Å². The molecule has 0 heterocycles. The number of amides is 2. The van der Waals surface area contributed by atoms with Crippen LogP contribution in [0.2, 0.25) is 0 Å². The molecule has 0 bridgehead atoms. The maximum Gasteiger partial charge on any atom is 0.244 e. The first-order valence-corrected chi connectivity index (χ1v) is 8.67. The number of anilines is 2. The molecule has 0 aromatic heterocycles. The third-order valence-electron chi connectivity index (χ3n) is 3.71. The van der Waals surface area contributed by atoms with Gasteiger partial charge in [-0.15, -0.1) is 0 Å². The van der Waals surface area contributed by atoms with Crippen LogP contribution >= 0.6 is 0 Å². The number of nitrogens with zero attached hydrogens (tertiary/aromatic N) is 1. The summed E-state index contributed by atoms with van der Waals surface area (Å²) in [5.74, 6) is 0.321. The van der Waals surface area contributed by atoms with Crippen molar-refractivity contribution in [2.75, 3.05) is 16.8 Å². The summed E-state index contributed by atoms with van der Waals surface area (Å²) in [5, 5.41) is 2.82. The van der Waals surface area contributed by atoms with Gasteiger partial charge in [-0.05, 0) is 75.2 Å². The number of nitrogens with one attached hydrogen (secondary N) is 1. The molecule has 5 nitrogen and oxygen atoms in total. The standard InChI is InChI=1S/C21H26N2O3/c1-14(2)26-20-8-6-18(7-9-20)22-21(25)13-23(17(5)24)19-11-15(3)10-16(4)12-19/h6-12,14H,13H2,1-5H3,(H,22,25). The first kappa shape index (κ1) is 19.5. The Kier molecular flexibility index (Phi) is 6.39. The summed E-state index contributed by atoms with van der Waals surface area (Å²) in [4.78, 5) is 25.9. The van der Waals surface area contributed by atoms with E-state index in [-0.39, 0.29) is 24.5 Å². The number of hydrogen-bond donors (Lipinski definition) is 1. The van der Waals surface area contributed by atoms with Crippen molar-refractivity contribution in [2.45, 2.75) is 40.7 Å². The largest absolute Gasteiger partial charge is 0.491 e. The third-order valence-corrected chi connectivity index (χ3v) is 3.71. The Morgan fingerprint density at radius 3 is 2.12 bits per heavy atom. The lowest BCUT2D eigenvalue weighted by atomic mass is 10.1. The van der Waals surface area contributed by atoms with Gasteiger partial charge in [-0.1, -0.05) is 6.07 Å². The van der Waals surface area contributed by atoms with Gasteiger partial charge in [0.05, 0.1) is 6.10 Å². The second kappa shape index (κ2) is 8.52. The zero-order chi connectivity index (χ0) is 19.3. The minimum Gasteiger partial charge on any atom is -0.491 e. The van der Waals surface area contributed by atoms with E-state index in [0.29, 0.717) is 5.69 Å². The van der Waals surface area contributed by atoms with Crippen LogP contribution in [0.25, 0.3) is 0 Å². The zero-order valence-electron chi connectivity index (χ0n) is 16.0. The average Bonchev–Trinajstić information content (AvgIpc) is 2.52. The van der Waals surface area contributed by atoms with E-state index in [9.17, 15) is 9.59 Å². The molecule has 1 N–H and O–H groups in total. The van der Waals surface area contributed by atoms with E-state index in [2.05, 4.69) is 5.32 Å². The number of ether oxygens (including phenoxy) is 1. The summed E-state index contributed by atoms with van der Waals surface area (Å²) < 4.78 is 5.58. The molecular formula is C21H26N2O3. The van der Waals surface area contributed by atoms with Crippen molar-refractivity contribution in [3.05, 3.63) is 53.6 Å². The topological polar surface area (TPSA) is 58.6 Å². The quantitative estimate of drug-likeness (QED) is 0.850. The van der Waals surface area contributed by atoms with E-state index in [4.69, 9.17) is 4.74 Å². The fourth-order valence-corrected chi connectivity index (χ4v) is 2.72. The van der Waals surface area contributed by atoms with Crippen LogP contribution in [0.15, 0.2) is 42.5 Å². The number of rotatable bonds is 6. The molecule has 138 valence electrons. The fraction of sp³-hybridized carbons (Fsp3) is 0.333. The SMILES string of the molecule is CC(=O)N(CC(=O)Nc1ccc(OC(C)C)cc1)c1cc(C)cc(C)c1. The van der Waals surface area contributed by atoms with Crippen LogP contribution in [0, 0.1) is 13.8 Å². The van der Waals surface area contributed by atoms with Crippen LogP contribution in [0.4, 0.5) is 11.4 Å². The number of hydrogen-bond acceptors (Lipinski definition) is 3. The van der Waals surface area contributed by atoms with Gasteiger partial charge in [0.25, 0.3) is 0 Å². The molecule has 0 unspecified atom stereocenters. The molecule has 0 fully saturated rings. The van der Waals surface area contributed by atoms with Gasteiger partial charge in [0.1, 0.15) is 12.3 Å². The smallest absolute Gasteiger partial charge is 0.244 e. The van der Waals surface area contributed by atoms with Crippen LogP contribution < -0.4 is 15.0 Å². The van der Waals surface area contributed by atoms with Gasteiger partial charge in [0.2, 0.25) is 11.8 Å². The van der Waals surface area contributed by atoms with Crippen molar-refractivity contribution in [1.29, 1.82) is 0 Å². The van der Waals surface area contributed by atoms with E-state index in [1.807, 2.05) is 58.0 Å². The van der Waals surface area contributed by atoms with Crippen molar-refractivity contribution in [2.24, 2.45) is 0 Å². The van der Waals surface area contributed by atoms with Crippen molar-refractivity contribution < 1.29 is 14.3 Å². The molecule has 0 atom stereocenters. The molecule has 0 saturated heterocycles. The molecule has 26 heavy (non-hydrogen) atoms. The van der Waals surface area contributed by atoms with E-state index in [0.717, 1.165) is 22.6 Å². The Morgan fingerprint density at radius 1 is 1.04 bits per heavy atom. The normalized spacial score (nSPS) is 10.5. The second-order valence-electron chi connectivity index (χ2n) is 6.69. The van der Waals surface area contributed by atoms with Gasteiger partial charge in [0, 0.05) is 18.3 Å². The maximum atomic E-state index is 12.4. The Hall–Kier alpha value is -2.82. The molecule has 0 aliphatic carbocycles. The van der Waals surface area contributed by atoms with Crippen LogP contribution in [0.5, 0.6) is 5.75 Å². The van der Waals surface area contributed by atoms with Crippen molar-refractivity contribution in [3.8, 4) is 5.75 Å². The Labute approximate surface area is 155 Å². The third kappa shape index (κ3) is 5.62. The highest BCUT2D eigenvalue weighted by molar-refractivity contribution is 6.01. The van der Waals surface area contributed by atoms with E-state index in [1.165, 1.54) is 11.8 Å². The van der Waals surface area contributed by atoms with Crippen LogP contribution in [-0.2, 0) is 9.59 Å². The summed E-state index contributed by atoms with van der Waals surface area (Å²) in [6.07, 6.45) is 0.0948.